The summed E-state index contributed by atoms with van der Waals surface area (Å²) in [5, 5.41) is 4.79. The van der Waals surface area contributed by atoms with E-state index in [1.54, 1.807) is 19.1 Å². The summed E-state index contributed by atoms with van der Waals surface area (Å²) in [7, 11) is 0. The molecule has 98 valence electrons. The molecule has 1 aromatic carbocycles. The van der Waals surface area contributed by atoms with Crippen LogP contribution in [0.1, 0.15) is 20.9 Å². The number of aromatic nitrogens is 1. The summed E-state index contributed by atoms with van der Waals surface area (Å²) in [6.45, 7) is 1.72. The number of hydrazone groups is 1. The van der Waals surface area contributed by atoms with Gasteiger partial charge in [0.2, 0.25) is 0 Å². The number of anilines is 1. The zero-order valence-corrected chi connectivity index (χ0v) is 11.6. The Morgan fingerprint density at radius 2 is 2.26 bits per heavy atom. The Morgan fingerprint density at radius 3 is 2.89 bits per heavy atom. The van der Waals surface area contributed by atoms with Gasteiger partial charge in [-0.25, -0.2) is 10.4 Å². The Balaban J connectivity index is 2.05. The van der Waals surface area contributed by atoms with Gasteiger partial charge in [0.1, 0.15) is 4.88 Å². The van der Waals surface area contributed by atoms with Crippen LogP contribution in [-0.2, 0) is 0 Å². The number of hydrogen-bond acceptors (Lipinski definition) is 5. The van der Waals surface area contributed by atoms with Gasteiger partial charge in [-0.2, -0.15) is 5.10 Å². The van der Waals surface area contributed by atoms with Gasteiger partial charge in [0.25, 0.3) is 5.91 Å². The van der Waals surface area contributed by atoms with E-state index >= 15 is 0 Å². The van der Waals surface area contributed by atoms with E-state index in [1.807, 2.05) is 12.1 Å². The quantitative estimate of drug-likeness (QED) is 0.674. The second-order valence-corrected chi connectivity index (χ2v) is 5.13. The van der Waals surface area contributed by atoms with E-state index in [1.165, 1.54) is 6.21 Å². The van der Waals surface area contributed by atoms with Crippen LogP contribution in [0.2, 0.25) is 5.02 Å². The molecule has 0 aliphatic rings. The summed E-state index contributed by atoms with van der Waals surface area (Å²) < 4.78 is 0. The number of nitrogens with zero attached hydrogens (tertiary/aromatic N) is 2. The molecule has 0 radical (unpaired) electrons. The Morgan fingerprint density at radius 1 is 1.53 bits per heavy atom. The second kappa shape index (κ2) is 5.81. The molecule has 7 heteroatoms. The largest absolute Gasteiger partial charge is 0.375 e. The number of carbonyl (C=O) groups is 1. The maximum atomic E-state index is 11.8. The zero-order valence-electron chi connectivity index (χ0n) is 10.1. The number of thiazole rings is 1. The first-order chi connectivity index (χ1) is 9.08. The summed E-state index contributed by atoms with van der Waals surface area (Å²) >= 11 is 7.08. The van der Waals surface area contributed by atoms with E-state index < -0.39 is 0 Å². The third-order valence-corrected chi connectivity index (χ3v) is 3.62. The van der Waals surface area contributed by atoms with Gasteiger partial charge in [0, 0.05) is 10.6 Å². The van der Waals surface area contributed by atoms with Crippen molar-refractivity contribution in [2.24, 2.45) is 5.10 Å². The van der Waals surface area contributed by atoms with Crippen LogP contribution >= 0.6 is 22.9 Å². The van der Waals surface area contributed by atoms with Crippen molar-refractivity contribution in [3.05, 3.63) is 45.4 Å². The fraction of sp³-hybridized carbons (Fsp3) is 0.0833. The predicted molar refractivity (Wildman–Crippen MR) is 77.8 cm³/mol. The summed E-state index contributed by atoms with van der Waals surface area (Å²) in [6, 6.07) is 7.21. The van der Waals surface area contributed by atoms with Crippen LogP contribution < -0.4 is 11.2 Å². The number of benzene rings is 1. The van der Waals surface area contributed by atoms with Crippen molar-refractivity contribution in [1.29, 1.82) is 0 Å². The number of rotatable bonds is 3. The minimum absolute atomic E-state index is 0.338. The Hall–Kier alpha value is -1.92. The Kier molecular flexibility index (Phi) is 4.13. The van der Waals surface area contributed by atoms with E-state index in [0.29, 0.717) is 20.7 Å². The molecule has 0 fully saturated rings. The molecular weight excluding hydrogens is 284 g/mol. The molecule has 0 aliphatic heterocycles. The van der Waals surface area contributed by atoms with Crippen molar-refractivity contribution in [3.8, 4) is 0 Å². The van der Waals surface area contributed by atoms with Crippen LogP contribution in [0, 0.1) is 6.92 Å². The van der Waals surface area contributed by atoms with Crippen molar-refractivity contribution in [1.82, 2.24) is 10.4 Å². The number of nitrogens with two attached hydrogens (primary N) is 1. The van der Waals surface area contributed by atoms with Crippen LogP contribution in [0.3, 0.4) is 0 Å². The molecule has 1 heterocycles. The highest BCUT2D eigenvalue weighted by Crippen LogP contribution is 2.19. The molecule has 1 aromatic heterocycles. The van der Waals surface area contributed by atoms with Gasteiger partial charge in [0.05, 0.1) is 11.9 Å². The third kappa shape index (κ3) is 3.30. The van der Waals surface area contributed by atoms with E-state index in [0.717, 1.165) is 16.9 Å². The van der Waals surface area contributed by atoms with Crippen LogP contribution in [-0.4, -0.2) is 17.1 Å². The Bertz CT molecular complexity index is 638. The highest BCUT2D eigenvalue weighted by atomic mass is 35.5. The normalized spacial score (nSPS) is 10.8. The Labute approximate surface area is 119 Å². The van der Waals surface area contributed by atoms with Gasteiger partial charge in [-0.05, 0) is 13.0 Å². The minimum Gasteiger partial charge on any atom is -0.375 e. The first kappa shape index (κ1) is 13.5. The zero-order chi connectivity index (χ0) is 13.8. The average molecular weight is 295 g/mol. The van der Waals surface area contributed by atoms with Crippen molar-refractivity contribution in [2.75, 3.05) is 5.73 Å². The lowest BCUT2D eigenvalue weighted by Gasteiger charge is -1.98. The van der Waals surface area contributed by atoms with Gasteiger partial charge in [-0.3, -0.25) is 4.79 Å². The second-order valence-electron chi connectivity index (χ2n) is 3.69. The average Bonchev–Trinajstić information content (AvgIpc) is 2.71. The third-order valence-electron chi connectivity index (χ3n) is 2.29. The molecule has 1 amide bonds. The number of nitrogen functional groups attached to an aromatic ring is 1. The summed E-state index contributed by atoms with van der Waals surface area (Å²) in [6.07, 6.45) is 1.49. The van der Waals surface area contributed by atoms with Crippen molar-refractivity contribution in [2.45, 2.75) is 6.92 Å². The predicted octanol–water partition coefficient (Wildman–Crippen LogP) is 2.45. The molecule has 0 bridgehead atoms. The van der Waals surface area contributed by atoms with Crippen LogP contribution in [0.25, 0.3) is 0 Å². The minimum atomic E-state index is -0.338. The number of halogens is 1. The lowest BCUT2D eigenvalue weighted by atomic mass is 10.2. The van der Waals surface area contributed by atoms with E-state index in [2.05, 4.69) is 15.5 Å². The van der Waals surface area contributed by atoms with Crippen molar-refractivity contribution < 1.29 is 4.79 Å². The maximum absolute atomic E-state index is 11.8. The summed E-state index contributed by atoms with van der Waals surface area (Å²) in [5.41, 5.74) is 9.26. The molecule has 0 aliphatic carbocycles. The van der Waals surface area contributed by atoms with E-state index in [9.17, 15) is 4.79 Å². The molecule has 0 spiro atoms. The van der Waals surface area contributed by atoms with Crippen molar-refractivity contribution in [3.63, 3.8) is 0 Å². The highest BCUT2D eigenvalue weighted by molar-refractivity contribution is 7.17. The lowest BCUT2D eigenvalue weighted by molar-refractivity contribution is 0.0958. The summed E-state index contributed by atoms with van der Waals surface area (Å²) in [4.78, 5) is 16.2. The van der Waals surface area contributed by atoms with Crippen LogP contribution in [0.15, 0.2) is 29.4 Å². The number of amides is 1. The SMILES string of the molecule is Cc1nc(N)sc1C(=O)N/N=C/c1ccccc1Cl. The van der Waals surface area contributed by atoms with Gasteiger partial charge in [-0.15, -0.1) is 0 Å². The van der Waals surface area contributed by atoms with E-state index in [-0.39, 0.29) is 5.91 Å². The van der Waals surface area contributed by atoms with Crippen LogP contribution in [0.5, 0.6) is 0 Å². The number of hydrogen-bond donors (Lipinski definition) is 2. The molecular formula is C12H11ClN4OS. The first-order valence-corrected chi connectivity index (χ1v) is 6.58. The molecule has 3 N–H and O–H groups in total. The molecule has 0 unspecified atom stereocenters. The fourth-order valence-corrected chi connectivity index (χ4v) is 2.33. The van der Waals surface area contributed by atoms with Crippen LogP contribution in [0.4, 0.5) is 5.13 Å². The molecule has 19 heavy (non-hydrogen) atoms. The first-order valence-electron chi connectivity index (χ1n) is 5.39. The van der Waals surface area contributed by atoms with Crippen molar-refractivity contribution >= 4 is 40.2 Å². The molecule has 5 nitrogen and oxygen atoms in total. The van der Waals surface area contributed by atoms with E-state index in [4.69, 9.17) is 17.3 Å². The monoisotopic (exact) mass is 294 g/mol. The van der Waals surface area contributed by atoms with Gasteiger partial charge < -0.3 is 5.73 Å². The maximum Gasteiger partial charge on any atom is 0.283 e. The molecule has 2 aromatic rings. The smallest absolute Gasteiger partial charge is 0.283 e. The topological polar surface area (TPSA) is 80.4 Å². The molecule has 0 saturated heterocycles. The number of carbonyl (C=O) groups excluding carboxylic acids is 1. The molecule has 0 saturated carbocycles. The van der Waals surface area contributed by atoms with Gasteiger partial charge >= 0.3 is 0 Å². The summed E-state index contributed by atoms with van der Waals surface area (Å²) in [5.74, 6) is -0.338. The molecule has 0 atom stereocenters. The number of nitrogens with one attached hydrogen (secondary N) is 1. The standard InChI is InChI=1S/C12H11ClN4OS/c1-7-10(19-12(14)16-7)11(18)17-15-6-8-4-2-3-5-9(8)13/h2-6H,1H3,(H2,14,16)(H,17,18)/b15-6+. The van der Waals surface area contributed by atoms with Gasteiger partial charge in [0.15, 0.2) is 5.13 Å². The lowest BCUT2D eigenvalue weighted by Crippen LogP contribution is -2.17. The molecule has 2 rings (SSSR count). The highest BCUT2D eigenvalue weighted by Gasteiger charge is 2.13. The fourth-order valence-electron chi connectivity index (χ4n) is 1.42. The van der Waals surface area contributed by atoms with Gasteiger partial charge in [-0.1, -0.05) is 41.1 Å². The number of aryl methyl sites for hydroxylation is 1.